The Morgan fingerprint density at radius 3 is 1.18 bits per heavy atom. The van der Waals surface area contributed by atoms with Crippen LogP contribution in [0.15, 0.2) is 0 Å². The second-order valence-corrected chi connectivity index (χ2v) is 12.2. The van der Waals surface area contributed by atoms with E-state index in [0.29, 0.717) is 45.7 Å². The van der Waals surface area contributed by atoms with Gasteiger partial charge >= 0.3 is 11.9 Å². The maximum Gasteiger partial charge on any atom is 0.307 e. The quantitative estimate of drug-likeness (QED) is 0.0574. The van der Waals surface area contributed by atoms with Gasteiger partial charge in [-0.1, -0.05) is 143 Å². The van der Waals surface area contributed by atoms with E-state index in [2.05, 4.69) is 23.6 Å². The highest BCUT2D eigenvalue weighted by Crippen LogP contribution is 2.12. The second kappa shape index (κ2) is 38.0. The van der Waals surface area contributed by atoms with E-state index >= 15 is 0 Å². The lowest BCUT2D eigenvalue weighted by atomic mass is 10.1. The fourth-order valence-electron chi connectivity index (χ4n) is 5.12. The fraction of sp³-hybridized carbons (Fsp3) is 0.946. The minimum Gasteiger partial charge on any atom is -0.466 e. The Bertz CT molecular complexity index is 548. The predicted octanol–water partition coefficient (Wildman–Crippen LogP) is 8.95. The first-order valence-corrected chi connectivity index (χ1v) is 18.9. The summed E-state index contributed by atoms with van der Waals surface area (Å²) in [5.41, 5.74) is 0. The number of esters is 2. The molecule has 0 aromatic heterocycles. The SMILES string of the molecule is CC.CCCCCCCCCCCCOC(=O)CCN(CCC(=O)OCCCCCCCCCCCC)CCN(C)CCO. The molecule has 7 heteroatoms. The van der Waals surface area contributed by atoms with Crippen molar-refractivity contribution in [2.45, 2.75) is 169 Å². The lowest BCUT2D eigenvalue weighted by Gasteiger charge is -2.24. The molecule has 0 fully saturated rings. The van der Waals surface area contributed by atoms with Gasteiger partial charge in [-0.15, -0.1) is 0 Å². The Kier molecular flexibility index (Phi) is 38.8. The molecule has 0 saturated heterocycles. The third kappa shape index (κ3) is 35.3. The first-order chi connectivity index (χ1) is 21.5. The van der Waals surface area contributed by atoms with E-state index in [1.165, 1.54) is 103 Å². The van der Waals surface area contributed by atoms with Crippen molar-refractivity contribution < 1.29 is 24.2 Å². The molecule has 264 valence electrons. The maximum absolute atomic E-state index is 12.3. The number of aliphatic hydroxyl groups excluding tert-OH is 1. The van der Waals surface area contributed by atoms with Gasteiger partial charge in [-0.25, -0.2) is 0 Å². The summed E-state index contributed by atoms with van der Waals surface area (Å²) in [5, 5.41) is 9.18. The van der Waals surface area contributed by atoms with Crippen LogP contribution >= 0.6 is 0 Å². The second-order valence-electron chi connectivity index (χ2n) is 12.2. The third-order valence-electron chi connectivity index (χ3n) is 8.07. The Morgan fingerprint density at radius 1 is 0.500 bits per heavy atom. The van der Waals surface area contributed by atoms with Crippen LogP contribution in [-0.4, -0.2) is 86.4 Å². The van der Waals surface area contributed by atoms with Gasteiger partial charge < -0.3 is 24.4 Å². The predicted molar refractivity (Wildman–Crippen MR) is 187 cm³/mol. The van der Waals surface area contributed by atoms with Crippen molar-refractivity contribution in [2.24, 2.45) is 0 Å². The van der Waals surface area contributed by atoms with Crippen molar-refractivity contribution >= 4 is 11.9 Å². The number of unbranched alkanes of at least 4 members (excludes halogenated alkanes) is 18. The summed E-state index contributed by atoms with van der Waals surface area (Å²) < 4.78 is 11.0. The van der Waals surface area contributed by atoms with E-state index in [-0.39, 0.29) is 18.5 Å². The Labute approximate surface area is 274 Å². The summed E-state index contributed by atoms with van der Waals surface area (Å²) >= 11 is 0. The van der Waals surface area contributed by atoms with Crippen molar-refractivity contribution in [3.63, 3.8) is 0 Å². The smallest absolute Gasteiger partial charge is 0.307 e. The zero-order chi connectivity index (χ0) is 32.9. The van der Waals surface area contributed by atoms with Gasteiger partial charge in [-0.05, 0) is 19.9 Å². The molecule has 0 aliphatic rings. The molecular formula is C37H76N2O5. The number of likely N-dealkylation sites (N-methyl/N-ethyl adjacent to an activating group) is 1. The number of ether oxygens (including phenoxy) is 2. The molecular weight excluding hydrogens is 552 g/mol. The zero-order valence-corrected chi connectivity index (χ0v) is 30.2. The molecule has 44 heavy (non-hydrogen) atoms. The van der Waals surface area contributed by atoms with E-state index < -0.39 is 0 Å². The van der Waals surface area contributed by atoms with Gasteiger partial charge in [0.1, 0.15) is 0 Å². The molecule has 1 N–H and O–H groups in total. The average Bonchev–Trinajstić information content (AvgIpc) is 3.03. The van der Waals surface area contributed by atoms with Crippen LogP contribution in [0.2, 0.25) is 0 Å². The third-order valence-corrected chi connectivity index (χ3v) is 8.07. The number of hydrogen-bond donors (Lipinski definition) is 1. The molecule has 0 aliphatic carbocycles. The molecule has 0 saturated carbocycles. The van der Waals surface area contributed by atoms with Crippen LogP contribution in [0.5, 0.6) is 0 Å². The van der Waals surface area contributed by atoms with Crippen molar-refractivity contribution in [3.8, 4) is 0 Å². The Hall–Kier alpha value is -1.18. The van der Waals surface area contributed by atoms with Gasteiger partial charge in [0.25, 0.3) is 0 Å². The van der Waals surface area contributed by atoms with Gasteiger partial charge in [0.05, 0.1) is 32.7 Å². The lowest BCUT2D eigenvalue weighted by molar-refractivity contribution is -0.144. The van der Waals surface area contributed by atoms with E-state index in [1.54, 1.807) is 0 Å². The molecule has 0 aromatic carbocycles. The molecule has 0 atom stereocenters. The minimum atomic E-state index is -0.164. The molecule has 7 nitrogen and oxygen atoms in total. The van der Waals surface area contributed by atoms with Crippen molar-refractivity contribution in [2.75, 3.05) is 59.6 Å². The van der Waals surface area contributed by atoms with Crippen LogP contribution < -0.4 is 0 Å². The topological polar surface area (TPSA) is 79.3 Å². The van der Waals surface area contributed by atoms with E-state index in [9.17, 15) is 14.7 Å². The molecule has 0 heterocycles. The summed E-state index contributed by atoms with van der Waals surface area (Å²) in [7, 11) is 1.97. The first kappa shape index (κ1) is 44.9. The van der Waals surface area contributed by atoms with E-state index in [0.717, 1.165) is 38.8 Å². The standard InChI is InChI=1S/C35H70N2O5.C2H6/c1-4-6-8-10-12-14-16-18-20-22-32-41-34(39)24-26-37(29-28-36(3)30-31-38)27-25-35(40)42-33-23-21-19-17-15-13-11-9-7-5-2;1-2/h38H,4-33H2,1-3H3;1-2H3. The van der Waals surface area contributed by atoms with Crippen LogP contribution in [-0.2, 0) is 19.1 Å². The Balaban J connectivity index is 0. The number of carbonyl (C=O) groups excluding carboxylic acids is 2. The Morgan fingerprint density at radius 2 is 0.841 bits per heavy atom. The summed E-state index contributed by atoms with van der Waals surface area (Å²) in [6.45, 7) is 12.9. The van der Waals surface area contributed by atoms with Gasteiger partial charge in [-0.3, -0.25) is 9.59 Å². The minimum absolute atomic E-state index is 0.118. The van der Waals surface area contributed by atoms with Crippen LogP contribution in [0.4, 0.5) is 0 Å². The largest absolute Gasteiger partial charge is 0.466 e. The lowest BCUT2D eigenvalue weighted by Crippen LogP contribution is -2.37. The molecule has 0 rings (SSSR count). The fourth-order valence-corrected chi connectivity index (χ4v) is 5.12. The van der Waals surface area contributed by atoms with Crippen LogP contribution in [0.1, 0.15) is 169 Å². The molecule has 0 amide bonds. The molecule has 0 spiro atoms. The average molecular weight is 629 g/mol. The number of hydrogen-bond acceptors (Lipinski definition) is 7. The number of aliphatic hydroxyl groups is 1. The summed E-state index contributed by atoms with van der Waals surface area (Å²) in [6, 6.07) is 0. The molecule has 0 aliphatic heterocycles. The van der Waals surface area contributed by atoms with Crippen LogP contribution in [0.25, 0.3) is 0 Å². The summed E-state index contributed by atoms with van der Waals surface area (Å²) in [5.74, 6) is -0.327. The van der Waals surface area contributed by atoms with Gasteiger partial charge in [0, 0.05) is 32.7 Å². The highest BCUT2D eigenvalue weighted by molar-refractivity contribution is 5.70. The molecule has 0 radical (unpaired) electrons. The van der Waals surface area contributed by atoms with Gasteiger partial charge in [0.2, 0.25) is 0 Å². The van der Waals surface area contributed by atoms with Gasteiger partial charge in [0.15, 0.2) is 0 Å². The summed E-state index contributed by atoms with van der Waals surface area (Å²) in [6.07, 6.45) is 25.9. The highest BCUT2D eigenvalue weighted by Gasteiger charge is 2.13. The number of carbonyl (C=O) groups is 2. The number of nitrogens with zero attached hydrogens (tertiary/aromatic N) is 2. The normalized spacial score (nSPS) is 11.1. The van der Waals surface area contributed by atoms with E-state index in [1.807, 2.05) is 20.9 Å². The highest BCUT2D eigenvalue weighted by atomic mass is 16.5. The van der Waals surface area contributed by atoms with Crippen LogP contribution in [0.3, 0.4) is 0 Å². The molecule has 0 unspecified atom stereocenters. The monoisotopic (exact) mass is 629 g/mol. The zero-order valence-electron chi connectivity index (χ0n) is 30.2. The van der Waals surface area contributed by atoms with Crippen LogP contribution in [0, 0.1) is 0 Å². The summed E-state index contributed by atoms with van der Waals surface area (Å²) in [4.78, 5) is 28.9. The van der Waals surface area contributed by atoms with Crippen molar-refractivity contribution in [3.05, 3.63) is 0 Å². The molecule has 0 bridgehead atoms. The van der Waals surface area contributed by atoms with Gasteiger partial charge in [-0.2, -0.15) is 0 Å². The van der Waals surface area contributed by atoms with Crippen molar-refractivity contribution in [1.82, 2.24) is 9.80 Å². The molecule has 0 aromatic rings. The maximum atomic E-state index is 12.3. The van der Waals surface area contributed by atoms with Crippen molar-refractivity contribution in [1.29, 1.82) is 0 Å². The first-order valence-electron chi connectivity index (χ1n) is 18.9. The number of rotatable bonds is 33. The van der Waals surface area contributed by atoms with E-state index in [4.69, 9.17) is 9.47 Å².